The van der Waals surface area contributed by atoms with E-state index >= 15 is 0 Å². The second-order valence-electron chi connectivity index (χ2n) is 6.97. The summed E-state index contributed by atoms with van der Waals surface area (Å²) in [5.41, 5.74) is 1.55. The van der Waals surface area contributed by atoms with E-state index in [0.29, 0.717) is 15.8 Å². The fourth-order valence-corrected chi connectivity index (χ4v) is 5.89. The second kappa shape index (κ2) is 14.4. The Morgan fingerprint density at radius 1 is 0.680 bits per heavy atom. The summed E-state index contributed by atoms with van der Waals surface area (Å²) in [6.07, 6.45) is 14.3. The molecule has 0 radical (unpaired) electrons. The van der Waals surface area contributed by atoms with Crippen molar-refractivity contribution in [2.24, 2.45) is 0 Å². The first-order valence-electron chi connectivity index (χ1n) is 10.1. The Morgan fingerprint density at radius 3 is 2.12 bits per heavy atom. The summed E-state index contributed by atoms with van der Waals surface area (Å²) in [5, 5.41) is 5.93. The molecular weight excluding hydrogens is 367 g/mol. The Morgan fingerprint density at radius 2 is 1.32 bits per heavy atom. The van der Waals surface area contributed by atoms with Crippen molar-refractivity contribution in [2.45, 2.75) is 81.5 Å². The zero-order valence-electron chi connectivity index (χ0n) is 16.0. The van der Waals surface area contributed by atoms with E-state index in [2.05, 4.69) is 49.4 Å². The molecule has 2 rings (SSSR count). The number of unbranched alkanes of at least 4 members (excludes halogenated alkanes) is 7. The number of aryl methyl sites for hydroxylation is 1. The van der Waals surface area contributed by atoms with E-state index in [1.165, 1.54) is 80.2 Å². The van der Waals surface area contributed by atoms with Crippen LogP contribution < -0.4 is 0 Å². The minimum atomic E-state index is 0. The zero-order chi connectivity index (χ0) is 16.9. The third-order valence-electron chi connectivity index (χ3n) is 4.89. The monoisotopic (exact) mass is 404 g/mol. The molecular formula is C23H37AsO. The number of hydrogen-bond acceptors (Lipinski definition) is 0. The van der Waals surface area contributed by atoms with Crippen molar-refractivity contribution in [1.29, 1.82) is 0 Å². The molecule has 25 heavy (non-hydrogen) atoms. The molecule has 0 fully saturated rings. The third-order valence-corrected chi connectivity index (χ3v) is 7.85. The SMILES string of the molecule is CCCCCCCCCC[AsH]CCCc1cccc2ccccc12.O. The average Bonchev–Trinajstić information content (AvgIpc) is 2.63. The van der Waals surface area contributed by atoms with Crippen LogP contribution in [-0.2, 0) is 6.42 Å². The summed E-state index contributed by atoms with van der Waals surface area (Å²) in [6, 6.07) is 15.6. The van der Waals surface area contributed by atoms with E-state index in [-0.39, 0.29) is 5.48 Å². The molecule has 2 aromatic carbocycles. The number of fused-ring (bicyclic) bond motifs is 1. The molecule has 0 spiro atoms. The van der Waals surface area contributed by atoms with E-state index < -0.39 is 0 Å². The van der Waals surface area contributed by atoms with Crippen LogP contribution in [0, 0.1) is 0 Å². The quantitative estimate of drug-likeness (QED) is 0.275. The summed E-state index contributed by atoms with van der Waals surface area (Å²) >= 11 is 0.318. The Balaban J connectivity index is 0.00000312. The topological polar surface area (TPSA) is 31.5 Å². The number of benzene rings is 2. The molecule has 0 aliphatic heterocycles. The Hall–Kier alpha value is -0.782. The number of hydrogen-bond donors (Lipinski definition) is 0. The maximum absolute atomic E-state index is 2.32. The molecule has 0 saturated heterocycles. The molecule has 0 bridgehead atoms. The van der Waals surface area contributed by atoms with Gasteiger partial charge in [-0.3, -0.25) is 0 Å². The molecule has 1 nitrogen and oxygen atoms in total. The Labute approximate surface area is 161 Å². The fourth-order valence-electron chi connectivity index (χ4n) is 3.42. The van der Waals surface area contributed by atoms with E-state index in [9.17, 15) is 0 Å². The predicted molar refractivity (Wildman–Crippen MR) is 115 cm³/mol. The standard InChI is InChI=1S/C23H35As.H2O/c1-2-3-4-5-6-7-8-11-19-24-20-13-17-22-16-12-15-21-14-9-10-18-23(21)22;/h9-10,12,14-16,18,24H,2-8,11,13,17,19-20H2,1H3;1H2. The van der Waals surface area contributed by atoms with Crippen LogP contribution in [0.25, 0.3) is 10.8 Å². The van der Waals surface area contributed by atoms with Crippen LogP contribution in [0.1, 0.15) is 70.3 Å². The van der Waals surface area contributed by atoms with Crippen LogP contribution in [0.4, 0.5) is 0 Å². The summed E-state index contributed by atoms with van der Waals surface area (Å²) in [7, 11) is 0. The van der Waals surface area contributed by atoms with Crippen LogP contribution in [0.5, 0.6) is 0 Å². The smallest absolute Gasteiger partial charge is 0.412 e. The summed E-state index contributed by atoms with van der Waals surface area (Å²) in [5.74, 6) is 0. The largest absolute Gasteiger partial charge is 0.412 e. The maximum atomic E-state index is 2.32. The first-order chi connectivity index (χ1) is 11.9. The van der Waals surface area contributed by atoms with Gasteiger partial charge in [0.25, 0.3) is 0 Å². The minimum absolute atomic E-state index is 0. The summed E-state index contributed by atoms with van der Waals surface area (Å²) in [6.45, 7) is 2.30. The Bertz CT molecular complexity index is 562. The zero-order valence-corrected chi connectivity index (χ0v) is 18.1. The predicted octanol–water partition coefficient (Wildman–Crippen LogP) is 6.36. The summed E-state index contributed by atoms with van der Waals surface area (Å²) < 4.78 is 0. The van der Waals surface area contributed by atoms with Crippen LogP contribution in [0.2, 0.25) is 10.4 Å². The molecule has 0 aliphatic carbocycles. The van der Waals surface area contributed by atoms with Crippen molar-refractivity contribution in [1.82, 2.24) is 0 Å². The van der Waals surface area contributed by atoms with Gasteiger partial charge in [0.1, 0.15) is 0 Å². The van der Waals surface area contributed by atoms with Crippen LogP contribution in [0.3, 0.4) is 0 Å². The van der Waals surface area contributed by atoms with Crippen molar-refractivity contribution in [3.05, 3.63) is 48.0 Å². The van der Waals surface area contributed by atoms with Gasteiger partial charge in [-0.1, -0.05) is 0 Å². The molecule has 0 amide bonds. The van der Waals surface area contributed by atoms with Gasteiger partial charge in [0.15, 0.2) is 0 Å². The molecule has 0 aromatic heterocycles. The fraction of sp³-hybridized carbons (Fsp3) is 0.565. The van der Waals surface area contributed by atoms with E-state index in [1.54, 1.807) is 10.8 Å². The van der Waals surface area contributed by atoms with Gasteiger partial charge in [0.2, 0.25) is 0 Å². The van der Waals surface area contributed by atoms with E-state index in [4.69, 9.17) is 0 Å². The maximum Gasteiger partial charge on any atom is -0.412 e. The minimum Gasteiger partial charge on any atom is -0.412 e. The van der Waals surface area contributed by atoms with Gasteiger partial charge in [0, 0.05) is 0 Å². The molecule has 0 heterocycles. The Kier molecular flexibility index (Phi) is 12.8. The third kappa shape index (κ3) is 8.93. The van der Waals surface area contributed by atoms with Gasteiger partial charge in [-0.15, -0.1) is 0 Å². The first-order valence-corrected chi connectivity index (χ1v) is 13.1. The van der Waals surface area contributed by atoms with Crippen LogP contribution in [-0.4, -0.2) is 21.2 Å². The molecule has 1 unspecified atom stereocenters. The van der Waals surface area contributed by atoms with Gasteiger partial charge in [0.05, 0.1) is 0 Å². The molecule has 0 saturated carbocycles. The summed E-state index contributed by atoms with van der Waals surface area (Å²) in [4.78, 5) is 0. The van der Waals surface area contributed by atoms with Crippen LogP contribution >= 0.6 is 0 Å². The molecule has 2 N–H and O–H groups in total. The molecule has 0 aliphatic rings. The normalized spacial score (nSPS) is 11.2. The van der Waals surface area contributed by atoms with Gasteiger partial charge in [-0.05, 0) is 0 Å². The molecule has 1 atom stereocenters. The van der Waals surface area contributed by atoms with Crippen molar-refractivity contribution >= 4 is 26.5 Å². The molecule has 140 valence electrons. The van der Waals surface area contributed by atoms with Crippen molar-refractivity contribution in [2.75, 3.05) is 0 Å². The van der Waals surface area contributed by atoms with Crippen molar-refractivity contribution in [3.63, 3.8) is 0 Å². The van der Waals surface area contributed by atoms with Crippen molar-refractivity contribution < 1.29 is 5.48 Å². The van der Waals surface area contributed by atoms with Gasteiger partial charge in [-0.2, -0.15) is 0 Å². The van der Waals surface area contributed by atoms with E-state index in [0.717, 1.165) is 0 Å². The molecule has 2 aromatic rings. The van der Waals surface area contributed by atoms with Crippen molar-refractivity contribution in [3.8, 4) is 0 Å². The first kappa shape index (κ1) is 22.3. The van der Waals surface area contributed by atoms with Gasteiger partial charge >= 0.3 is 156 Å². The van der Waals surface area contributed by atoms with E-state index in [1.807, 2.05) is 0 Å². The van der Waals surface area contributed by atoms with Gasteiger partial charge in [-0.25, -0.2) is 0 Å². The van der Waals surface area contributed by atoms with Crippen LogP contribution in [0.15, 0.2) is 42.5 Å². The second-order valence-corrected chi connectivity index (χ2v) is 10.1. The number of rotatable bonds is 13. The molecule has 2 heteroatoms. The average molecular weight is 404 g/mol. The van der Waals surface area contributed by atoms with Gasteiger partial charge < -0.3 is 5.48 Å².